The molecular weight excluding hydrogens is 378 g/mol. The molecule has 6 heteroatoms. The Bertz CT molecular complexity index is 1100. The van der Waals surface area contributed by atoms with Crippen molar-refractivity contribution in [2.75, 3.05) is 31.6 Å². The lowest BCUT2D eigenvalue weighted by Crippen LogP contribution is -2.48. The minimum Gasteiger partial charge on any atom is -0.447 e. The highest BCUT2D eigenvalue weighted by atomic mass is 16.6. The van der Waals surface area contributed by atoms with Crippen LogP contribution in [-0.2, 0) is 9.53 Å². The first kappa shape index (κ1) is 17.6. The third-order valence-corrected chi connectivity index (χ3v) is 6.98. The van der Waals surface area contributed by atoms with Crippen LogP contribution in [0.2, 0.25) is 0 Å². The van der Waals surface area contributed by atoms with Crippen molar-refractivity contribution >= 4 is 23.3 Å². The molecule has 4 heterocycles. The van der Waals surface area contributed by atoms with Crippen molar-refractivity contribution in [1.82, 2.24) is 9.80 Å². The van der Waals surface area contributed by atoms with Gasteiger partial charge in [-0.25, -0.2) is 9.69 Å². The molecule has 30 heavy (non-hydrogen) atoms. The molecule has 0 N–H and O–H groups in total. The average molecular weight is 401 g/mol. The first-order valence-electron chi connectivity index (χ1n) is 10.5. The van der Waals surface area contributed by atoms with Gasteiger partial charge in [0.1, 0.15) is 6.61 Å². The lowest BCUT2D eigenvalue weighted by atomic mass is 9.72. The fourth-order valence-corrected chi connectivity index (χ4v) is 5.68. The number of anilines is 1. The largest absolute Gasteiger partial charge is 0.447 e. The van der Waals surface area contributed by atoms with Crippen LogP contribution in [0.5, 0.6) is 0 Å². The number of fused-ring (bicyclic) bond motifs is 5. The van der Waals surface area contributed by atoms with E-state index in [1.807, 2.05) is 6.07 Å². The number of hydrogen-bond donors (Lipinski definition) is 0. The van der Waals surface area contributed by atoms with Gasteiger partial charge in [0.15, 0.2) is 0 Å². The highest BCUT2D eigenvalue weighted by Gasteiger charge is 2.49. The Morgan fingerprint density at radius 3 is 2.83 bits per heavy atom. The molecule has 1 aliphatic carbocycles. The number of allylic oxidation sites excluding steroid dienone is 4. The van der Waals surface area contributed by atoms with E-state index in [1.54, 1.807) is 0 Å². The molecule has 0 unspecified atom stereocenters. The van der Waals surface area contributed by atoms with Crippen LogP contribution in [0.3, 0.4) is 0 Å². The number of benzene rings is 1. The van der Waals surface area contributed by atoms with Gasteiger partial charge in [0.2, 0.25) is 5.91 Å². The number of nitrogens with zero attached hydrogens (tertiary/aromatic N) is 3. The zero-order valence-electron chi connectivity index (χ0n) is 16.9. The number of carbonyl (C=O) groups excluding carboxylic acids is 2. The molecule has 4 aliphatic heterocycles. The second-order valence-corrected chi connectivity index (χ2v) is 8.39. The predicted octanol–water partition coefficient (Wildman–Crippen LogP) is 3.30. The van der Waals surface area contributed by atoms with Crippen molar-refractivity contribution in [1.29, 1.82) is 0 Å². The van der Waals surface area contributed by atoms with Crippen molar-refractivity contribution in [2.45, 2.75) is 18.9 Å². The number of ether oxygens (including phenoxy) is 1. The predicted molar refractivity (Wildman–Crippen MR) is 113 cm³/mol. The van der Waals surface area contributed by atoms with E-state index in [0.29, 0.717) is 13.0 Å². The van der Waals surface area contributed by atoms with Gasteiger partial charge in [-0.05, 0) is 47.8 Å². The number of imide groups is 1. The van der Waals surface area contributed by atoms with Crippen LogP contribution < -0.4 is 4.90 Å². The van der Waals surface area contributed by atoms with Gasteiger partial charge < -0.3 is 14.5 Å². The number of amides is 2. The monoisotopic (exact) mass is 401 g/mol. The number of para-hydroxylation sites is 1. The third-order valence-electron chi connectivity index (χ3n) is 6.98. The van der Waals surface area contributed by atoms with Crippen molar-refractivity contribution in [3.63, 3.8) is 0 Å². The molecule has 1 aromatic carbocycles. The molecule has 0 saturated carbocycles. The smallest absolute Gasteiger partial charge is 0.416 e. The van der Waals surface area contributed by atoms with Crippen LogP contribution in [0.15, 0.2) is 65.5 Å². The van der Waals surface area contributed by atoms with Crippen molar-refractivity contribution < 1.29 is 14.3 Å². The molecule has 152 valence electrons. The Labute approximate surface area is 175 Å². The Kier molecular flexibility index (Phi) is 3.72. The van der Waals surface area contributed by atoms with Crippen LogP contribution in [0.4, 0.5) is 10.5 Å². The summed E-state index contributed by atoms with van der Waals surface area (Å²) in [4.78, 5) is 31.6. The molecule has 0 radical (unpaired) electrons. The Morgan fingerprint density at radius 1 is 1.13 bits per heavy atom. The lowest BCUT2D eigenvalue weighted by Gasteiger charge is -2.42. The van der Waals surface area contributed by atoms with E-state index in [4.69, 9.17) is 4.74 Å². The maximum atomic E-state index is 13.6. The van der Waals surface area contributed by atoms with Crippen molar-refractivity contribution in [3.8, 4) is 0 Å². The number of rotatable bonds is 1. The van der Waals surface area contributed by atoms with Gasteiger partial charge in [0.05, 0.1) is 18.5 Å². The Morgan fingerprint density at radius 2 is 2.00 bits per heavy atom. The van der Waals surface area contributed by atoms with Crippen LogP contribution in [0.1, 0.15) is 18.4 Å². The minimum absolute atomic E-state index is 0.0580. The first-order valence-corrected chi connectivity index (χ1v) is 10.5. The molecule has 6 rings (SSSR count). The lowest BCUT2D eigenvalue weighted by molar-refractivity contribution is -0.132. The maximum Gasteiger partial charge on any atom is 0.416 e. The van der Waals surface area contributed by atoms with E-state index in [1.165, 1.54) is 32.9 Å². The van der Waals surface area contributed by atoms with Crippen molar-refractivity contribution in [3.05, 3.63) is 71.1 Å². The van der Waals surface area contributed by atoms with Gasteiger partial charge in [0.25, 0.3) is 0 Å². The molecule has 6 nitrogen and oxygen atoms in total. The highest BCUT2D eigenvalue weighted by molar-refractivity contribution is 6.01. The summed E-state index contributed by atoms with van der Waals surface area (Å²) < 4.78 is 5.07. The molecular formula is C24H23N3O3. The number of likely N-dealkylation sites (N-methyl/N-ethyl adjacent to an activating group) is 1. The maximum absolute atomic E-state index is 13.6. The summed E-state index contributed by atoms with van der Waals surface area (Å²) in [5.74, 6) is -0.451. The van der Waals surface area contributed by atoms with Crippen molar-refractivity contribution in [2.24, 2.45) is 5.92 Å². The van der Waals surface area contributed by atoms with Gasteiger partial charge >= 0.3 is 6.09 Å². The summed E-state index contributed by atoms with van der Waals surface area (Å²) in [5, 5.41) is 0. The number of hydrogen-bond acceptors (Lipinski definition) is 5. The zero-order chi connectivity index (χ0) is 20.4. The SMILES string of the molecule is CN1c2ccccc2C2=C3CCN4C=CC=CC4=C3C[C@@H](C(=O)N3CCOC3=O)[C@@H]21. The van der Waals surface area contributed by atoms with E-state index in [9.17, 15) is 9.59 Å². The van der Waals surface area contributed by atoms with Gasteiger partial charge in [0, 0.05) is 36.7 Å². The number of carbonyl (C=O) groups is 2. The second kappa shape index (κ2) is 6.36. The highest BCUT2D eigenvalue weighted by Crippen LogP contribution is 2.53. The molecule has 5 aliphatic rings. The molecule has 1 fully saturated rings. The topological polar surface area (TPSA) is 53.1 Å². The van der Waals surface area contributed by atoms with Gasteiger partial charge in [-0.1, -0.05) is 24.3 Å². The summed E-state index contributed by atoms with van der Waals surface area (Å²) in [7, 11) is 2.07. The van der Waals surface area contributed by atoms with Gasteiger partial charge in [-0.15, -0.1) is 0 Å². The summed E-state index contributed by atoms with van der Waals surface area (Å²) in [6.45, 7) is 1.56. The van der Waals surface area contributed by atoms with Crippen LogP contribution in [0.25, 0.3) is 5.57 Å². The Balaban J connectivity index is 1.55. The number of cyclic esters (lactones) is 1. The standard InChI is InChI=1S/C24H23N3O3/c1-25-19-7-3-2-6-16(19)21-15-9-11-26-10-5-4-8-20(26)17(15)14-18(22(21)25)23(28)27-12-13-30-24(27)29/h2-8,10,18,22H,9,11-14H2,1H3/t18-,22+/m1/s1. The van der Waals surface area contributed by atoms with Crippen LogP contribution in [0, 0.1) is 5.92 Å². The first-order chi connectivity index (χ1) is 14.6. The third kappa shape index (κ3) is 2.30. The summed E-state index contributed by atoms with van der Waals surface area (Å²) in [6, 6.07) is 8.34. The second-order valence-electron chi connectivity index (χ2n) is 8.39. The van der Waals surface area contributed by atoms with Gasteiger partial charge in [-0.2, -0.15) is 0 Å². The Hall–Kier alpha value is -3.28. The molecule has 1 aromatic rings. The zero-order valence-corrected chi connectivity index (χ0v) is 16.9. The average Bonchev–Trinajstić information content (AvgIpc) is 3.34. The van der Waals surface area contributed by atoms with E-state index in [-0.39, 0.29) is 24.5 Å². The van der Waals surface area contributed by atoms with Crippen LogP contribution >= 0.6 is 0 Å². The summed E-state index contributed by atoms with van der Waals surface area (Å²) in [5.41, 5.74) is 7.41. The van der Waals surface area contributed by atoms with E-state index >= 15 is 0 Å². The fourth-order valence-electron chi connectivity index (χ4n) is 5.68. The summed E-state index contributed by atoms with van der Waals surface area (Å²) >= 11 is 0. The summed E-state index contributed by atoms with van der Waals surface area (Å²) in [6.07, 6.45) is 9.44. The molecule has 2 atom stereocenters. The van der Waals surface area contributed by atoms with E-state index in [0.717, 1.165) is 18.7 Å². The van der Waals surface area contributed by atoms with E-state index < -0.39 is 6.09 Å². The molecule has 0 aromatic heterocycles. The van der Waals surface area contributed by atoms with Gasteiger partial charge in [-0.3, -0.25) is 4.79 Å². The molecule has 0 bridgehead atoms. The molecule has 1 saturated heterocycles. The fraction of sp³-hybridized carbons (Fsp3) is 0.333. The van der Waals surface area contributed by atoms with Crippen LogP contribution in [-0.4, -0.2) is 54.6 Å². The quantitative estimate of drug-likeness (QED) is 0.723. The van der Waals surface area contributed by atoms with E-state index in [2.05, 4.69) is 59.5 Å². The molecule has 0 spiro atoms. The minimum atomic E-state index is -0.516. The normalized spacial score (nSPS) is 26.6. The molecule has 2 amide bonds.